The zero-order chi connectivity index (χ0) is 20.7. The Hall–Kier alpha value is -2.48. The number of halogens is 4. The lowest BCUT2D eigenvalue weighted by atomic mass is 10.00. The minimum Gasteiger partial charge on any atom is -0.321 e. The number of benzene rings is 2. The van der Waals surface area contributed by atoms with Gasteiger partial charge in [-0.25, -0.2) is 4.39 Å². The van der Waals surface area contributed by atoms with E-state index in [0.717, 1.165) is 24.3 Å². The van der Waals surface area contributed by atoms with Crippen LogP contribution in [0.5, 0.6) is 0 Å². The van der Waals surface area contributed by atoms with Crippen LogP contribution in [0.25, 0.3) is 11.6 Å². The molecule has 0 aliphatic carbocycles. The minimum atomic E-state index is -4.79. The van der Waals surface area contributed by atoms with Crippen LogP contribution < -0.4 is 10.6 Å². The summed E-state index contributed by atoms with van der Waals surface area (Å²) in [6.45, 7) is 0. The molecule has 0 saturated heterocycles. The predicted molar refractivity (Wildman–Crippen MR) is 95.6 cm³/mol. The summed E-state index contributed by atoms with van der Waals surface area (Å²) < 4.78 is 75.9. The van der Waals surface area contributed by atoms with Crippen molar-refractivity contribution in [2.24, 2.45) is 0 Å². The summed E-state index contributed by atoms with van der Waals surface area (Å²) in [5, 5.41) is 2.62. The molecular formula is C18H14F4NO4P. The first-order valence-corrected chi connectivity index (χ1v) is 9.40. The maximum atomic E-state index is 14.1. The molecule has 1 N–H and O–H groups in total. The molecule has 5 nitrogen and oxygen atoms in total. The topological polar surface area (TPSA) is 64.6 Å². The van der Waals surface area contributed by atoms with Crippen molar-refractivity contribution in [2.45, 2.75) is 6.18 Å². The van der Waals surface area contributed by atoms with E-state index in [1.165, 1.54) is 32.4 Å². The molecule has 0 fully saturated rings. The summed E-state index contributed by atoms with van der Waals surface area (Å²) in [7, 11) is -1.20. The zero-order valence-electron chi connectivity index (χ0n) is 14.6. The van der Waals surface area contributed by atoms with E-state index in [4.69, 9.17) is 9.05 Å². The van der Waals surface area contributed by atoms with Crippen molar-refractivity contribution >= 4 is 36.1 Å². The van der Waals surface area contributed by atoms with Crippen molar-refractivity contribution in [1.29, 1.82) is 0 Å². The lowest BCUT2D eigenvalue weighted by Crippen LogP contribution is -2.10. The Labute approximate surface area is 157 Å². The van der Waals surface area contributed by atoms with Crippen LogP contribution in [0.3, 0.4) is 0 Å². The summed E-state index contributed by atoms with van der Waals surface area (Å²) in [5.74, 6) is -1.82. The van der Waals surface area contributed by atoms with Gasteiger partial charge in [0.05, 0.1) is 10.9 Å². The average Bonchev–Trinajstić information content (AvgIpc) is 2.96. The summed E-state index contributed by atoms with van der Waals surface area (Å²) >= 11 is 0. The maximum absolute atomic E-state index is 14.1. The third kappa shape index (κ3) is 3.48. The Morgan fingerprint density at radius 3 is 2.39 bits per heavy atom. The van der Waals surface area contributed by atoms with Crippen LogP contribution in [-0.2, 0) is 24.6 Å². The molecule has 1 heterocycles. The molecule has 0 saturated carbocycles. The van der Waals surface area contributed by atoms with Gasteiger partial charge < -0.3 is 14.4 Å². The van der Waals surface area contributed by atoms with E-state index in [1.54, 1.807) is 0 Å². The summed E-state index contributed by atoms with van der Waals surface area (Å²) in [4.78, 5) is 12.3. The van der Waals surface area contributed by atoms with Gasteiger partial charge in [0.25, 0.3) is 5.91 Å². The number of alkyl halides is 3. The normalized spacial score (nSPS) is 15.6. The number of fused-ring (bicyclic) bond motifs is 1. The molecule has 0 bridgehead atoms. The Kier molecular flexibility index (Phi) is 5.18. The molecule has 2 aromatic rings. The molecular weight excluding hydrogens is 401 g/mol. The second-order valence-electron chi connectivity index (χ2n) is 5.80. The Bertz CT molecular complexity index is 1020. The summed E-state index contributed by atoms with van der Waals surface area (Å²) in [5.41, 5.74) is -1.64. The molecule has 1 aliphatic rings. The van der Waals surface area contributed by atoms with Crippen LogP contribution in [-0.4, -0.2) is 20.1 Å². The molecule has 0 radical (unpaired) electrons. The zero-order valence-corrected chi connectivity index (χ0v) is 15.5. The van der Waals surface area contributed by atoms with Crippen molar-refractivity contribution in [3.8, 4) is 0 Å². The van der Waals surface area contributed by atoms with Crippen LogP contribution in [0.4, 0.5) is 23.2 Å². The van der Waals surface area contributed by atoms with Gasteiger partial charge in [-0.05, 0) is 30.3 Å². The molecule has 3 rings (SSSR count). The van der Waals surface area contributed by atoms with Gasteiger partial charge in [0.2, 0.25) is 0 Å². The van der Waals surface area contributed by atoms with Crippen LogP contribution in [0.2, 0.25) is 0 Å². The molecule has 10 heteroatoms. The third-order valence-electron chi connectivity index (χ3n) is 4.23. The van der Waals surface area contributed by atoms with Gasteiger partial charge in [-0.15, -0.1) is 0 Å². The predicted octanol–water partition coefficient (Wildman–Crippen LogP) is 4.45. The average molecular weight is 415 g/mol. The number of hydrogen-bond acceptors (Lipinski definition) is 4. The van der Waals surface area contributed by atoms with E-state index in [1.807, 2.05) is 0 Å². The van der Waals surface area contributed by atoms with Crippen LogP contribution >= 0.6 is 7.60 Å². The van der Waals surface area contributed by atoms with Gasteiger partial charge in [0.1, 0.15) is 5.82 Å². The van der Waals surface area contributed by atoms with Crippen molar-refractivity contribution < 1.29 is 36.0 Å². The number of nitrogens with one attached hydrogen (secondary N) is 1. The molecule has 1 amide bonds. The van der Waals surface area contributed by atoms with Crippen LogP contribution in [0.15, 0.2) is 36.4 Å². The van der Waals surface area contributed by atoms with Gasteiger partial charge in [0.15, 0.2) is 0 Å². The van der Waals surface area contributed by atoms with Crippen molar-refractivity contribution in [2.75, 3.05) is 19.5 Å². The van der Waals surface area contributed by atoms with Crippen molar-refractivity contribution in [3.05, 3.63) is 58.9 Å². The number of amides is 1. The first-order chi connectivity index (χ1) is 13.1. The third-order valence-corrected chi connectivity index (χ3v) is 6.10. The fraction of sp³-hybridized carbons (Fsp3) is 0.167. The van der Waals surface area contributed by atoms with E-state index in [0.29, 0.717) is 0 Å². The van der Waals surface area contributed by atoms with Crippen molar-refractivity contribution in [1.82, 2.24) is 0 Å². The Morgan fingerprint density at radius 2 is 1.79 bits per heavy atom. The van der Waals surface area contributed by atoms with Crippen molar-refractivity contribution in [3.63, 3.8) is 0 Å². The quantitative estimate of drug-likeness (QED) is 0.455. The lowest BCUT2D eigenvalue weighted by molar-refractivity contribution is -0.138. The largest absolute Gasteiger partial charge is 0.417 e. The first kappa shape index (κ1) is 20.3. The Balaban J connectivity index is 2.14. The van der Waals surface area contributed by atoms with E-state index in [9.17, 15) is 26.9 Å². The van der Waals surface area contributed by atoms with Crippen LogP contribution in [0.1, 0.15) is 16.7 Å². The minimum absolute atomic E-state index is 0.151. The first-order valence-electron chi connectivity index (χ1n) is 7.86. The SMILES string of the molecule is COP(=O)(OC)c1ccc2c(c1)NC(=O)/C2=C\c1c(F)cccc1C(F)(F)F. The van der Waals surface area contributed by atoms with E-state index in [2.05, 4.69) is 5.32 Å². The van der Waals surface area contributed by atoms with E-state index < -0.39 is 36.6 Å². The molecule has 0 atom stereocenters. The monoisotopic (exact) mass is 415 g/mol. The fourth-order valence-electron chi connectivity index (χ4n) is 2.86. The van der Waals surface area contributed by atoms with Gasteiger partial charge in [-0.2, -0.15) is 13.2 Å². The molecule has 0 aromatic heterocycles. The number of hydrogen-bond donors (Lipinski definition) is 1. The fourth-order valence-corrected chi connectivity index (χ4v) is 3.97. The molecule has 148 valence electrons. The van der Waals surface area contributed by atoms with Crippen LogP contribution in [0, 0.1) is 5.82 Å². The smallest absolute Gasteiger partial charge is 0.321 e. The molecule has 1 aliphatic heterocycles. The maximum Gasteiger partial charge on any atom is 0.417 e. The molecule has 2 aromatic carbocycles. The highest BCUT2D eigenvalue weighted by Crippen LogP contribution is 2.47. The second kappa shape index (κ2) is 7.16. The van der Waals surface area contributed by atoms with Gasteiger partial charge in [-0.1, -0.05) is 12.1 Å². The van der Waals surface area contributed by atoms with E-state index >= 15 is 0 Å². The highest BCUT2D eigenvalue weighted by Gasteiger charge is 2.35. The standard InChI is InChI=1S/C18H14F4NO4P/c1-26-28(25,27-2)10-6-7-11-12(17(24)23-16(11)8-10)9-13-14(18(20,21)22)4-3-5-15(13)19/h3-9H,1-2H3,(H,23,24)/b12-9-. The number of anilines is 1. The lowest BCUT2D eigenvalue weighted by Gasteiger charge is -2.14. The Morgan fingerprint density at radius 1 is 1.11 bits per heavy atom. The van der Waals surface area contributed by atoms with Gasteiger partial charge >= 0.3 is 13.8 Å². The number of carbonyl (C=O) groups excluding carboxylic acids is 1. The summed E-state index contributed by atoms with van der Waals surface area (Å²) in [6, 6.07) is 6.65. The number of carbonyl (C=O) groups is 1. The summed E-state index contributed by atoms with van der Waals surface area (Å²) in [6.07, 6.45) is -3.94. The van der Waals surface area contributed by atoms with E-state index in [-0.39, 0.29) is 22.1 Å². The molecule has 28 heavy (non-hydrogen) atoms. The molecule has 0 unspecified atom stereocenters. The number of rotatable bonds is 4. The molecule has 0 spiro atoms. The second-order valence-corrected chi connectivity index (χ2v) is 8.05. The van der Waals surface area contributed by atoms with Gasteiger partial charge in [-0.3, -0.25) is 9.36 Å². The highest BCUT2D eigenvalue weighted by atomic mass is 31.2. The highest BCUT2D eigenvalue weighted by molar-refractivity contribution is 7.62. The van der Waals surface area contributed by atoms with Gasteiger partial charge in [0, 0.05) is 36.6 Å².